The van der Waals surface area contributed by atoms with Crippen molar-refractivity contribution in [2.45, 2.75) is 18.8 Å². The summed E-state index contributed by atoms with van der Waals surface area (Å²) in [6.07, 6.45) is 3.32. The summed E-state index contributed by atoms with van der Waals surface area (Å²) < 4.78 is 21.9. The number of ether oxygens (including phenoxy) is 3. The summed E-state index contributed by atoms with van der Waals surface area (Å²) >= 11 is 0. The number of carbonyl (C=O) groups excluding carboxylic acids is 1. The minimum absolute atomic E-state index is 0.0272. The van der Waals surface area contributed by atoms with Gasteiger partial charge in [-0.25, -0.2) is 4.98 Å². The molecule has 30 heavy (non-hydrogen) atoms. The van der Waals surface area contributed by atoms with Gasteiger partial charge in [-0.3, -0.25) is 4.79 Å². The average molecular weight is 408 g/mol. The van der Waals surface area contributed by atoms with E-state index in [1.165, 1.54) is 7.11 Å². The molecular formula is C21H20N4O5. The second-order valence-corrected chi connectivity index (χ2v) is 7.16. The molecule has 9 heteroatoms. The van der Waals surface area contributed by atoms with Crippen LogP contribution in [0.2, 0.25) is 0 Å². The zero-order valence-corrected chi connectivity index (χ0v) is 16.4. The Morgan fingerprint density at radius 2 is 2.10 bits per heavy atom. The first-order valence-electron chi connectivity index (χ1n) is 9.74. The smallest absolute Gasteiger partial charge is 0.259 e. The largest absolute Gasteiger partial charge is 0.480 e. The molecule has 0 N–H and O–H groups in total. The van der Waals surface area contributed by atoms with Crippen molar-refractivity contribution in [3.63, 3.8) is 0 Å². The van der Waals surface area contributed by atoms with E-state index in [-0.39, 0.29) is 18.6 Å². The number of hydrogen-bond donors (Lipinski definition) is 0. The number of rotatable bonds is 4. The third-order valence-electron chi connectivity index (χ3n) is 5.31. The van der Waals surface area contributed by atoms with Crippen LogP contribution in [0.25, 0.3) is 11.5 Å². The van der Waals surface area contributed by atoms with Crippen LogP contribution in [0, 0.1) is 0 Å². The van der Waals surface area contributed by atoms with Gasteiger partial charge in [0.2, 0.25) is 24.5 Å². The van der Waals surface area contributed by atoms with E-state index in [0.717, 1.165) is 18.4 Å². The number of carbonyl (C=O) groups is 1. The highest BCUT2D eigenvalue weighted by Gasteiger charge is 2.30. The van der Waals surface area contributed by atoms with E-state index < -0.39 is 0 Å². The van der Waals surface area contributed by atoms with Gasteiger partial charge in [-0.15, -0.1) is 10.2 Å². The third kappa shape index (κ3) is 3.32. The molecule has 1 amide bonds. The number of nitrogens with zero attached hydrogens (tertiary/aromatic N) is 4. The van der Waals surface area contributed by atoms with Crippen molar-refractivity contribution >= 4 is 5.91 Å². The van der Waals surface area contributed by atoms with E-state index in [0.29, 0.717) is 47.8 Å². The van der Waals surface area contributed by atoms with Crippen LogP contribution in [-0.2, 0) is 0 Å². The lowest BCUT2D eigenvalue weighted by molar-refractivity contribution is 0.0694. The maximum absolute atomic E-state index is 13.0. The summed E-state index contributed by atoms with van der Waals surface area (Å²) in [5.74, 6) is 2.49. The van der Waals surface area contributed by atoms with Crippen LogP contribution >= 0.6 is 0 Å². The Hall–Kier alpha value is -3.62. The summed E-state index contributed by atoms with van der Waals surface area (Å²) in [5.41, 5.74) is 1.22. The highest BCUT2D eigenvalue weighted by molar-refractivity contribution is 5.96. The predicted octanol–water partition coefficient (Wildman–Crippen LogP) is 2.89. The third-order valence-corrected chi connectivity index (χ3v) is 5.31. The van der Waals surface area contributed by atoms with Crippen LogP contribution in [0.1, 0.15) is 35.0 Å². The van der Waals surface area contributed by atoms with Crippen LogP contribution < -0.4 is 14.2 Å². The second kappa shape index (κ2) is 7.66. The van der Waals surface area contributed by atoms with Crippen molar-refractivity contribution in [1.29, 1.82) is 0 Å². The van der Waals surface area contributed by atoms with Gasteiger partial charge in [0.1, 0.15) is 5.56 Å². The lowest BCUT2D eigenvalue weighted by atomic mass is 9.97. The lowest BCUT2D eigenvalue weighted by Crippen LogP contribution is -2.39. The van der Waals surface area contributed by atoms with E-state index >= 15 is 0 Å². The minimum atomic E-state index is -0.111. The van der Waals surface area contributed by atoms with Crippen LogP contribution in [0.15, 0.2) is 40.9 Å². The molecule has 5 rings (SSSR count). The molecule has 2 aromatic heterocycles. The van der Waals surface area contributed by atoms with E-state index in [1.807, 2.05) is 18.2 Å². The number of likely N-dealkylation sites (tertiary alicyclic amines) is 1. The first-order chi connectivity index (χ1) is 14.7. The van der Waals surface area contributed by atoms with Gasteiger partial charge in [0.05, 0.1) is 13.0 Å². The van der Waals surface area contributed by atoms with Gasteiger partial charge in [0.15, 0.2) is 11.5 Å². The molecule has 0 aliphatic carbocycles. The molecule has 3 aromatic rings. The maximum Gasteiger partial charge on any atom is 0.259 e. The fourth-order valence-corrected chi connectivity index (χ4v) is 3.80. The molecule has 2 aliphatic rings. The lowest BCUT2D eigenvalue weighted by Gasteiger charge is -2.31. The first-order valence-corrected chi connectivity index (χ1v) is 9.74. The van der Waals surface area contributed by atoms with Crippen molar-refractivity contribution in [3.05, 3.63) is 48.0 Å². The van der Waals surface area contributed by atoms with Gasteiger partial charge >= 0.3 is 0 Å². The molecule has 9 nitrogen and oxygen atoms in total. The molecule has 0 radical (unpaired) electrons. The second-order valence-electron chi connectivity index (χ2n) is 7.16. The Bertz CT molecular complexity index is 1080. The van der Waals surface area contributed by atoms with Gasteiger partial charge < -0.3 is 23.5 Å². The molecule has 1 saturated heterocycles. The Morgan fingerprint density at radius 1 is 1.20 bits per heavy atom. The molecule has 0 bridgehead atoms. The number of aromatic nitrogens is 3. The van der Waals surface area contributed by atoms with Crippen molar-refractivity contribution < 1.29 is 23.4 Å². The molecule has 1 aromatic carbocycles. The van der Waals surface area contributed by atoms with E-state index in [1.54, 1.807) is 23.2 Å². The Balaban J connectivity index is 1.34. The number of hydrogen-bond acceptors (Lipinski definition) is 8. The Morgan fingerprint density at radius 3 is 3.00 bits per heavy atom. The summed E-state index contributed by atoms with van der Waals surface area (Å²) in [6.45, 7) is 1.37. The number of benzene rings is 1. The minimum Gasteiger partial charge on any atom is -0.480 e. The molecule has 0 saturated carbocycles. The predicted molar refractivity (Wildman–Crippen MR) is 105 cm³/mol. The number of fused-ring (bicyclic) bond motifs is 1. The van der Waals surface area contributed by atoms with Crippen molar-refractivity contribution in [2.75, 3.05) is 27.0 Å². The quantitative estimate of drug-likeness (QED) is 0.650. The number of piperidine rings is 1. The molecule has 2 aliphatic heterocycles. The van der Waals surface area contributed by atoms with Crippen LogP contribution in [-0.4, -0.2) is 53.0 Å². The van der Waals surface area contributed by atoms with Crippen molar-refractivity contribution in [3.8, 4) is 28.8 Å². The van der Waals surface area contributed by atoms with Gasteiger partial charge in [0, 0.05) is 24.8 Å². The van der Waals surface area contributed by atoms with Crippen LogP contribution in [0.4, 0.5) is 0 Å². The summed E-state index contributed by atoms with van der Waals surface area (Å²) in [5, 5.41) is 8.44. The monoisotopic (exact) mass is 408 g/mol. The molecule has 1 atom stereocenters. The van der Waals surface area contributed by atoms with E-state index in [4.69, 9.17) is 18.6 Å². The van der Waals surface area contributed by atoms with Gasteiger partial charge in [-0.05, 0) is 43.2 Å². The highest BCUT2D eigenvalue weighted by atomic mass is 16.7. The Kier molecular flexibility index (Phi) is 4.70. The summed E-state index contributed by atoms with van der Waals surface area (Å²) in [4.78, 5) is 18.9. The first kappa shape index (κ1) is 18.4. The Labute approximate surface area is 172 Å². The fourth-order valence-electron chi connectivity index (χ4n) is 3.80. The normalized spacial score (nSPS) is 17.8. The van der Waals surface area contributed by atoms with Crippen molar-refractivity contribution in [2.24, 2.45) is 0 Å². The van der Waals surface area contributed by atoms with Gasteiger partial charge in [0.25, 0.3) is 5.91 Å². The highest BCUT2D eigenvalue weighted by Crippen LogP contribution is 2.36. The SMILES string of the molecule is COc1ncccc1C(=O)N1CCCC(c2nnc(-c3ccc4c(c3)OCO4)o2)C1. The maximum atomic E-state index is 13.0. The molecule has 1 unspecified atom stereocenters. The standard InChI is InChI=1S/C21H20N4O5/c1-27-20-15(5-2-8-22-20)21(26)25-9-3-4-14(11-25)19-24-23-18(30-19)13-6-7-16-17(10-13)29-12-28-16/h2,5-8,10,14H,3-4,9,11-12H2,1H3. The van der Waals surface area contributed by atoms with Crippen LogP contribution in [0.5, 0.6) is 17.4 Å². The van der Waals surface area contributed by atoms with Gasteiger partial charge in [-0.2, -0.15) is 0 Å². The summed E-state index contributed by atoms with van der Waals surface area (Å²) in [6, 6.07) is 8.96. The average Bonchev–Trinajstić information content (AvgIpc) is 3.48. The number of methoxy groups -OCH3 is 1. The van der Waals surface area contributed by atoms with E-state index in [9.17, 15) is 4.79 Å². The molecular weight excluding hydrogens is 388 g/mol. The molecule has 0 spiro atoms. The summed E-state index contributed by atoms with van der Waals surface area (Å²) in [7, 11) is 1.51. The van der Waals surface area contributed by atoms with Crippen LogP contribution in [0.3, 0.4) is 0 Å². The molecule has 4 heterocycles. The molecule has 1 fully saturated rings. The zero-order valence-electron chi connectivity index (χ0n) is 16.4. The fraction of sp³-hybridized carbons (Fsp3) is 0.333. The van der Waals surface area contributed by atoms with Gasteiger partial charge in [-0.1, -0.05) is 0 Å². The number of amides is 1. The van der Waals surface area contributed by atoms with Crippen molar-refractivity contribution in [1.82, 2.24) is 20.1 Å². The molecule has 154 valence electrons. The van der Waals surface area contributed by atoms with E-state index in [2.05, 4.69) is 15.2 Å². The number of pyridine rings is 1. The zero-order chi connectivity index (χ0) is 20.5. The topological polar surface area (TPSA) is 99.8 Å².